The zero-order valence-electron chi connectivity index (χ0n) is 17.4. The predicted octanol–water partition coefficient (Wildman–Crippen LogP) is 1.85. The summed E-state index contributed by atoms with van der Waals surface area (Å²) in [4.78, 5) is 39.3. The molecule has 1 amide bonds. The molecule has 1 saturated carbocycles. The number of nitrogens with one attached hydrogen (secondary N) is 1. The number of aliphatic hydroxyl groups is 1. The lowest BCUT2D eigenvalue weighted by atomic mass is 10.1. The van der Waals surface area contributed by atoms with Crippen LogP contribution in [0.3, 0.4) is 0 Å². The average molecular weight is 465 g/mol. The number of nitrogen functional groups attached to an aromatic ring is 1. The van der Waals surface area contributed by atoms with Crippen LogP contribution in [0.2, 0.25) is 0 Å². The van der Waals surface area contributed by atoms with Gasteiger partial charge in [0.15, 0.2) is 6.10 Å². The summed E-state index contributed by atoms with van der Waals surface area (Å²) in [6.45, 7) is 0.553. The number of nitrogens with two attached hydrogens (primary N) is 1. The number of hydrogen-bond donors (Lipinski definition) is 3. The van der Waals surface area contributed by atoms with E-state index in [4.69, 9.17) is 10.5 Å². The number of hydrogen-bond acceptors (Lipinski definition) is 9. The molecular weight excluding hydrogens is 444 g/mol. The molecule has 1 aliphatic carbocycles. The summed E-state index contributed by atoms with van der Waals surface area (Å²) in [6, 6.07) is 9.02. The van der Waals surface area contributed by atoms with Crippen LogP contribution >= 0.6 is 11.5 Å². The maximum atomic E-state index is 13.2. The summed E-state index contributed by atoms with van der Waals surface area (Å²) in [5.41, 5.74) is 6.77. The van der Waals surface area contributed by atoms with Crippen LogP contribution in [-0.4, -0.2) is 49.6 Å². The van der Waals surface area contributed by atoms with Gasteiger partial charge < -0.3 is 20.6 Å². The van der Waals surface area contributed by atoms with Gasteiger partial charge in [-0.05, 0) is 48.6 Å². The highest BCUT2D eigenvalue weighted by Crippen LogP contribution is 2.39. The highest BCUT2D eigenvalue weighted by Gasteiger charge is 2.39. The molecular formula is C22H20N6O4S. The Labute approximate surface area is 191 Å². The molecule has 1 unspecified atom stereocenters. The normalized spacial score (nSPS) is 20.0. The number of aliphatic hydroxyl groups excluding tert-OH is 1. The van der Waals surface area contributed by atoms with Gasteiger partial charge in [0.2, 0.25) is 0 Å². The van der Waals surface area contributed by atoms with Gasteiger partial charge in [0.1, 0.15) is 23.6 Å². The largest absolute Gasteiger partial charge is 0.382 e. The van der Waals surface area contributed by atoms with Crippen molar-refractivity contribution in [2.24, 2.45) is 0 Å². The first kappa shape index (κ1) is 20.2. The summed E-state index contributed by atoms with van der Waals surface area (Å²) in [6.07, 6.45) is -0.452. The third kappa shape index (κ3) is 3.36. The van der Waals surface area contributed by atoms with Crippen LogP contribution in [0.15, 0.2) is 35.1 Å². The highest BCUT2D eigenvalue weighted by molar-refractivity contribution is 7.14. The summed E-state index contributed by atoms with van der Waals surface area (Å²) >= 11 is 1.12. The number of carbonyl (C=O) groups excluding carboxylic acids is 1. The fourth-order valence-corrected chi connectivity index (χ4v) is 5.05. The summed E-state index contributed by atoms with van der Waals surface area (Å²) < 4.78 is 10.3. The monoisotopic (exact) mass is 464 g/mol. The molecule has 10 nitrogen and oxygen atoms in total. The van der Waals surface area contributed by atoms with E-state index in [2.05, 4.69) is 19.3 Å². The van der Waals surface area contributed by atoms with Crippen LogP contribution in [0.5, 0.6) is 0 Å². The summed E-state index contributed by atoms with van der Waals surface area (Å²) in [5, 5.41) is 12.0. The van der Waals surface area contributed by atoms with E-state index < -0.39 is 23.7 Å². The molecule has 4 aromatic rings. The van der Waals surface area contributed by atoms with Crippen LogP contribution in [0.4, 0.5) is 11.6 Å². The fraction of sp³-hybridized carbons (Fsp3) is 0.318. The number of benzene rings is 1. The van der Waals surface area contributed by atoms with Gasteiger partial charge in [-0.1, -0.05) is 6.07 Å². The third-order valence-electron chi connectivity index (χ3n) is 6.07. The second-order valence-corrected chi connectivity index (χ2v) is 9.05. The number of aromatic amines is 1. The van der Waals surface area contributed by atoms with Crippen molar-refractivity contribution < 1.29 is 14.6 Å². The minimum absolute atomic E-state index is 0.0378. The van der Waals surface area contributed by atoms with Gasteiger partial charge in [0, 0.05) is 17.0 Å². The Bertz CT molecular complexity index is 1460. The third-order valence-corrected chi connectivity index (χ3v) is 6.97. The molecule has 3 aromatic heterocycles. The number of carbonyl (C=O) groups is 1. The van der Waals surface area contributed by atoms with Crippen molar-refractivity contribution in [2.45, 2.75) is 31.0 Å². The van der Waals surface area contributed by atoms with E-state index >= 15 is 0 Å². The zero-order chi connectivity index (χ0) is 22.7. The number of pyridine rings is 1. The Kier molecular flexibility index (Phi) is 4.64. The highest BCUT2D eigenvalue weighted by atomic mass is 32.1. The van der Waals surface area contributed by atoms with E-state index in [1.54, 1.807) is 18.2 Å². The average Bonchev–Trinajstić information content (AvgIpc) is 3.61. The van der Waals surface area contributed by atoms with Gasteiger partial charge in [-0.15, -0.1) is 0 Å². The minimum atomic E-state index is -1.45. The van der Waals surface area contributed by atoms with E-state index in [0.29, 0.717) is 45.1 Å². The van der Waals surface area contributed by atoms with Crippen LogP contribution in [0.25, 0.3) is 21.0 Å². The van der Waals surface area contributed by atoms with E-state index in [1.807, 2.05) is 12.1 Å². The maximum absolute atomic E-state index is 13.2. The Hall–Kier alpha value is -3.41. The molecule has 0 spiro atoms. The van der Waals surface area contributed by atoms with Crippen molar-refractivity contribution in [1.29, 1.82) is 0 Å². The SMILES string of the molecule is Nc1nsc2c1ccc1nc([C@H](O)C3OCCN(c4cccc(C5CC5)n4)C3=O)[nH]c(=O)c12. The van der Waals surface area contributed by atoms with Gasteiger partial charge in [-0.2, -0.15) is 4.37 Å². The van der Waals surface area contributed by atoms with Gasteiger partial charge in [-0.3, -0.25) is 14.5 Å². The molecule has 1 aromatic carbocycles. The van der Waals surface area contributed by atoms with Gasteiger partial charge >= 0.3 is 0 Å². The van der Waals surface area contributed by atoms with Crippen molar-refractivity contribution in [3.05, 3.63) is 52.2 Å². The zero-order valence-corrected chi connectivity index (χ0v) is 18.2. The quantitative estimate of drug-likeness (QED) is 0.415. The number of ether oxygens (including phenoxy) is 1. The molecule has 6 rings (SSSR count). The van der Waals surface area contributed by atoms with Crippen molar-refractivity contribution in [2.75, 3.05) is 23.8 Å². The first-order valence-corrected chi connectivity index (χ1v) is 11.4. The molecule has 33 heavy (non-hydrogen) atoms. The minimum Gasteiger partial charge on any atom is -0.382 e. The molecule has 4 N–H and O–H groups in total. The van der Waals surface area contributed by atoms with Gasteiger partial charge in [0.05, 0.1) is 28.8 Å². The van der Waals surface area contributed by atoms with Crippen molar-refractivity contribution in [3.8, 4) is 0 Å². The van der Waals surface area contributed by atoms with Crippen molar-refractivity contribution >= 4 is 50.1 Å². The lowest BCUT2D eigenvalue weighted by Gasteiger charge is -2.33. The summed E-state index contributed by atoms with van der Waals surface area (Å²) in [7, 11) is 0. The number of morpholine rings is 1. The molecule has 1 aliphatic heterocycles. The van der Waals surface area contributed by atoms with E-state index in [1.165, 1.54) is 4.90 Å². The number of nitrogens with zero attached hydrogens (tertiary/aromatic N) is 4. The molecule has 0 bridgehead atoms. The number of aromatic nitrogens is 4. The Balaban J connectivity index is 1.33. The maximum Gasteiger partial charge on any atom is 0.260 e. The number of anilines is 2. The molecule has 0 radical (unpaired) electrons. The molecule has 2 atom stereocenters. The Morgan fingerprint density at radius 2 is 2.06 bits per heavy atom. The first-order valence-electron chi connectivity index (χ1n) is 10.7. The van der Waals surface area contributed by atoms with Crippen LogP contribution in [0.1, 0.15) is 36.4 Å². The van der Waals surface area contributed by atoms with Gasteiger partial charge in [-0.25, -0.2) is 9.97 Å². The van der Waals surface area contributed by atoms with Crippen molar-refractivity contribution in [1.82, 2.24) is 19.3 Å². The standard InChI is InChI=1S/C22H20N6O4S/c23-19-11-6-7-13-15(18(11)33-27-19)21(30)26-20(25-13)16(29)17-22(31)28(8-9-32-17)14-3-1-2-12(24-14)10-4-5-10/h1-3,6-7,10,16-17,29H,4-5,8-9H2,(H2,23,27)(H,25,26,30)/t16-,17?/m1/s1. The van der Waals surface area contributed by atoms with E-state index in [-0.39, 0.29) is 12.4 Å². The lowest BCUT2D eigenvalue weighted by molar-refractivity contribution is -0.143. The molecule has 11 heteroatoms. The van der Waals surface area contributed by atoms with Crippen molar-refractivity contribution in [3.63, 3.8) is 0 Å². The summed E-state index contributed by atoms with van der Waals surface area (Å²) in [5.74, 6) is 0.873. The van der Waals surface area contributed by atoms with Crippen LogP contribution in [-0.2, 0) is 9.53 Å². The van der Waals surface area contributed by atoms with E-state index in [0.717, 1.165) is 30.1 Å². The molecule has 2 aliphatic rings. The smallest absolute Gasteiger partial charge is 0.260 e. The fourth-order valence-electron chi connectivity index (χ4n) is 4.20. The Morgan fingerprint density at radius 1 is 1.21 bits per heavy atom. The second kappa shape index (κ2) is 7.58. The van der Waals surface area contributed by atoms with Crippen LogP contribution in [0, 0.1) is 0 Å². The number of H-pyrrole nitrogens is 1. The Morgan fingerprint density at radius 3 is 2.88 bits per heavy atom. The molecule has 2 fully saturated rings. The topological polar surface area (TPSA) is 147 Å². The van der Waals surface area contributed by atoms with Gasteiger partial charge in [0.25, 0.3) is 11.5 Å². The molecule has 1 saturated heterocycles. The number of amides is 1. The number of fused-ring (bicyclic) bond motifs is 3. The van der Waals surface area contributed by atoms with Crippen LogP contribution < -0.4 is 16.2 Å². The number of rotatable bonds is 4. The van der Waals surface area contributed by atoms with E-state index in [9.17, 15) is 14.7 Å². The predicted molar refractivity (Wildman–Crippen MR) is 123 cm³/mol. The second-order valence-electron chi connectivity index (χ2n) is 8.28. The molecule has 168 valence electrons. The lowest BCUT2D eigenvalue weighted by Crippen LogP contribution is -2.51. The molecule has 4 heterocycles. The first-order chi connectivity index (χ1) is 16.0.